The van der Waals surface area contributed by atoms with E-state index < -0.39 is 0 Å². The topological polar surface area (TPSA) is 135 Å². The number of rotatable bonds is 4. The summed E-state index contributed by atoms with van der Waals surface area (Å²) in [7, 11) is 0. The van der Waals surface area contributed by atoms with E-state index in [9.17, 15) is 20.4 Å². The first-order valence-electron chi connectivity index (χ1n) is 7.90. The maximum absolute atomic E-state index is 9.88. The standard InChI is InChI=1S/C18H20N4O4S.HI/c1-10(14-6-4-12(23)8-16(14)25)19-21-18(27-3)22-20-11(2)15-7-5-13(24)9-17(15)26;/h4-9,23-26H,1-3H3,(H,21,22);1H/b19-10+,20-11+;. The number of nitrogens with two attached hydrogens (primary N) is 1. The average Bonchev–Trinajstić information content (AvgIpc) is 2.61. The van der Waals surface area contributed by atoms with E-state index in [1.807, 2.05) is 6.26 Å². The molecular formula is C18H21IN4O4S. The number of aromatic hydroxyl groups is 4. The molecule has 0 bridgehead atoms. The molecule has 0 atom stereocenters. The molecule has 0 saturated carbocycles. The summed E-state index contributed by atoms with van der Waals surface area (Å²) in [5, 5.41) is 51.4. The minimum Gasteiger partial charge on any atom is -1.00 e. The van der Waals surface area contributed by atoms with E-state index in [1.54, 1.807) is 26.0 Å². The lowest BCUT2D eigenvalue weighted by molar-refractivity contribution is -0.540. The predicted molar refractivity (Wildman–Crippen MR) is 107 cm³/mol. The Labute approximate surface area is 183 Å². The van der Waals surface area contributed by atoms with Gasteiger partial charge in [-0.25, -0.2) is 0 Å². The fraction of sp³-hybridized carbons (Fsp3) is 0.167. The van der Waals surface area contributed by atoms with Crippen molar-refractivity contribution in [2.24, 2.45) is 15.3 Å². The van der Waals surface area contributed by atoms with Crippen molar-refractivity contribution in [3.63, 3.8) is 0 Å². The first kappa shape index (κ1) is 23.7. The molecule has 8 nitrogen and oxygen atoms in total. The molecule has 0 aliphatic carbocycles. The number of amidine groups is 1. The summed E-state index contributed by atoms with van der Waals surface area (Å²) >= 11 is 1.33. The van der Waals surface area contributed by atoms with Crippen LogP contribution in [0.3, 0.4) is 0 Å². The van der Waals surface area contributed by atoms with Gasteiger partial charge in [-0.15, -0.1) is 5.10 Å². The van der Waals surface area contributed by atoms with Crippen LogP contribution in [0.5, 0.6) is 23.0 Å². The molecule has 2 rings (SSSR count). The van der Waals surface area contributed by atoms with E-state index in [-0.39, 0.29) is 47.0 Å². The monoisotopic (exact) mass is 516 g/mol. The average molecular weight is 516 g/mol. The van der Waals surface area contributed by atoms with E-state index in [4.69, 9.17) is 0 Å². The number of phenolic OH excluding ortho intramolecular Hbond substituents is 4. The highest BCUT2D eigenvalue weighted by molar-refractivity contribution is 8.12. The zero-order valence-corrected chi connectivity index (χ0v) is 18.4. The first-order valence-corrected chi connectivity index (χ1v) is 9.13. The minimum absolute atomic E-state index is 0. The maximum Gasteiger partial charge on any atom is 0.305 e. The number of benzene rings is 2. The summed E-state index contributed by atoms with van der Waals surface area (Å²) in [4.78, 5) is 0. The van der Waals surface area contributed by atoms with Gasteiger partial charge in [-0.05, 0) is 56.1 Å². The molecule has 150 valence electrons. The van der Waals surface area contributed by atoms with Gasteiger partial charge in [0.25, 0.3) is 0 Å². The van der Waals surface area contributed by atoms with E-state index in [2.05, 4.69) is 15.3 Å². The van der Waals surface area contributed by atoms with Gasteiger partial charge in [-0.1, -0.05) is 10.2 Å². The number of phenols is 4. The first-order chi connectivity index (χ1) is 12.8. The van der Waals surface area contributed by atoms with Crippen LogP contribution in [-0.4, -0.2) is 43.3 Å². The highest BCUT2D eigenvalue weighted by atomic mass is 127. The second kappa shape index (κ2) is 10.9. The lowest BCUT2D eigenvalue weighted by Crippen LogP contribution is -3.00. The second-order valence-corrected chi connectivity index (χ2v) is 6.40. The van der Waals surface area contributed by atoms with Crippen molar-refractivity contribution >= 4 is 28.4 Å². The molecule has 0 radical (unpaired) electrons. The van der Waals surface area contributed by atoms with Crippen molar-refractivity contribution in [3.8, 4) is 23.0 Å². The molecule has 0 amide bonds. The molecule has 0 fully saturated rings. The number of quaternary nitrogens is 1. The molecule has 28 heavy (non-hydrogen) atoms. The van der Waals surface area contributed by atoms with Crippen LogP contribution in [0.4, 0.5) is 0 Å². The molecular weight excluding hydrogens is 495 g/mol. The van der Waals surface area contributed by atoms with Crippen molar-refractivity contribution in [2.75, 3.05) is 6.26 Å². The van der Waals surface area contributed by atoms with Crippen molar-refractivity contribution < 1.29 is 49.8 Å². The Hall–Kier alpha value is -2.31. The Kier molecular flexibility index (Phi) is 9.22. The number of nitrogens with zero attached hydrogens (tertiary/aromatic N) is 3. The summed E-state index contributed by atoms with van der Waals surface area (Å²) in [5.41, 5.74) is 3.50. The molecule has 0 spiro atoms. The van der Waals surface area contributed by atoms with Gasteiger partial charge in [0.15, 0.2) is 0 Å². The van der Waals surface area contributed by atoms with E-state index in [0.717, 1.165) is 0 Å². The Morgan fingerprint density at radius 3 is 1.79 bits per heavy atom. The summed E-state index contributed by atoms with van der Waals surface area (Å²) < 4.78 is 0. The van der Waals surface area contributed by atoms with Gasteiger partial charge in [0.05, 0.1) is 5.71 Å². The van der Waals surface area contributed by atoms with Gasteiger partial charge in [0.2, 0.25) is 0 Å². The molecule has 2 aromatic rings. The van der Waals surface area contributed by atoms with Crippen LogP contribution >= 0.6 is 11.8 Å². The highest BCUT2D eigenvalue weighted by Gasteiger charge is 2.09. The molecule has 0 aliphatic heterocycles. The lowest BCUT2D eigenvalue weighted by atomic mass is 10.1. The molecule has 10 heteroatoms. The Morgan fingerprint density at radius 2 is 1.32 bits per heavy atom. The third-order valence-corrected chi connectivity index (χ3v) is 4.22. The third-order valence-electron chi connectivity index (χ3n) is 3.62. The highest BCUT2D eigenvalue weighted by Crippen LogP contribution is 2.24. The van der Waals surface area contributed by atoms with Crippen LogP contribution in [0.2, 0.25) is 0 Å². The van der Waals surface area contributed by atoms with Crippen molar-refractivity contribution in [3.05, 3.63) is 47.5 Å². The van der Waals surface area contributed by atoms with E-state index in [1.165, 1.54) is 41.5 Å². The molecule has 0 heterocycles. The molecule has 2 aromatic carbocycles. The van der Waals surface area contributed by atoms with Gasteiger partial charge < -0.3 is 44.4 Å². The normalized spacial score (nSPS) is 12.6. The van der Waals surface area contributed by atoms with Crippen LogP contribution in [0.25, 0.3) is 0 Å². The van der Waals surface area contributed by atoms with Crippen molar-refractivity contribution in [1.29, 1.82) is 0 Å². The predicted octanol–water partition coefficient (Wildman–Crippen LogP) is -1.06. The SMILES string of the molecule is CS/C(=N/N=C(\C)c1ccc(O)cc1O)[NH2+]/N=C(\C)c1ccc(O)cc1O.[I-]. The molecule has 0 aliphatic rings. The third kappa shape index (κ3) is 6.39. The largest absolute Gasteiger partial charge is 1.00 e. The summed E-state index contributed by atoms with van der Waals surface area (Å²) in [5.74, 6) is -0.212. The zero-order chi connectivity index (χ0) is 20.0. The lowest BCUT2D eigenvalue weighted by Gasteiger charge is -2.04. The van der Waals surface area contributed by atoms with Gasteiger partial charge in [0.1, 0.15) is 28.7 Å². The number of halogens is 1. The number of thioether (sulfide) groups is 1. The summed E-state index contributed by atoms with van der Waals surface area (Å²) in [6.07, 6.45) is 1.82. The van der Waals surface area contributed by atoms with Crippen molar-refractivity contribution in [1.82, 2.24) is 0 Å². The summed E-state index contributed by atoms with van der Waals surface area (Å²) in [6, 6.07) is 8.53. The fourth-order valence-electron chi connectivity index (χ4n) is 2.17. The van der Waals surface area contributed by atoms with Gasteiger partial charge in [-0.3, -0.25) is 0 Å². The van der Waals surface area contributed by atoms with Gasteiger partial charge in [0, 0.05) is 23.3 Å². The zero-order valence-electron chi connectivity index (χ0n) is 15.5. The summed E-state index contributed by atoms with van der Waals surface area (Å²) in [6.45, 7) is 3.42. The quantitative estimate of drug-likeness (QED) is 0.116. The maximum atomic E-state index is 9.88. The Morgan fingerprint density at radius 1 is 0.821 bits per heavy atom. The minimum atomic E-state index is -0.0854. The molecule has 0 saturated heterocycles. The molecule has 0 unspecified atom stereocenters. The van der Waals surface area contributed by atoms with E-state index >= 15 is 0 Å². The molecule has 0 aromatic heterocycles. The second-order valence-electron chi connectivity index (χ2n) is 5.57. The van der Waals surface area contributed by atoms with Crippen LogP contribution in [0.1, 0.15) is 25.0 Å². The number of hydrogen-bond acceptors (Lipinski definition) is 8. The van der Waals surface area contributed by atoms with Crippen LogP contribution in [0, 0.1) is 0 Å². The number of hydrogen-bond donors (Lipinski definition) is 5. The van der Waals surface area contributed by atoms with Gasteiger partial charge >= 0.3 is 5.17 Å². The van der Waals surface area contributed by atoms with Crippen LogP contribution in [0.15, 0.2) is 51.7 Å². The van der Waals surface area contributed by atoms with Gasteiger partial charge in [-0.2, -0.15) is 5.43 Å². The fourth-order valence-corrected chi connectivity index (χ4v) is 2.45. The Balaban J connectivity index is 0.00000392. The Bertz CT molecular complexity index is 932. The molecule has 6 N–H and O–H groups in total. The van der Waals surface area contributed by atoms with Crippen LogP contribution < -0.4 is 29.4 Å². The van der Waals surface area contributed by atoms with E-state index in [0.29, 0.717) is 27.7 Å². The van der Waals surface area contributed by atoms with Crippen LogP contribution in [-0.2, 0) is 0 Å². The van der Waals surface area contributed by atoms with Crippen molar-refractivity contribution in [2.45, 2.75) is 13.8 Å². The smallest absolute Gasteiger partial charge is 0.305 e.